The van der Waals surface area contributed by atoms with Gasteiger partial charge in [-0.05, 0) is 33.8 Å². The molecular formula is C5H5BrS2. The summed E-state index contributed by atoms with van der Waals surface area (Å²) in [4.78, 5) is 0. The predicted molar refractivity (Wildman–Crippen MR) is 44.0 cm³/mol. The van der Waals surface area contributed by atoms with Crippen molar-refractivity contribution in [1.29, 1.82) is 0 Å². The molecule has 0 unspecified atom stereocenters. The Balaban J connectivity index is 3.19. The highest BCUT2D eigenvalue weighted by molar-refractivity contribution is 9.10. The summed E-state index contributed by atoms with van der Waals surface area (Å²) in [7, 11) is 0. The van der Waals surface area contributed by atoms with Crippen LogP contribution in [0.4, 0.5) is 0 Å². The van der Waals surface area contributed by atoms with Crippen LogP contribution in [0.15, 0.2) is 14.1 Å². The Bertz CT molecular complexity index is 173. The van der Waals surface area contributed by atoms with Crippen LogP contribution in [0, 0.1) is 6.92 Å². The molecule has 0 N–H and O–H groups in total. The molecule has 0 bridgehead atoms. The molecule has 0 radical (unpaired) electrons. The summed E-state index contributed by atoms with van der Waals surface area (Å²) in [6, 6.07) is 0. The highest BCUT2D eigenvalue weighted by Gasteiger charge is 1.98. The summed E-state index contributed by atoms with van der Waals surface area (Å²) in [6.45, 7) is 2.06. The van der Waals surface area contributed by atoms with Gasteiger partial charge in [0, 0.05) is 4.47 Å². The molecule has 0 saturated heterocycles. The summed E-state index contributed by atoms with van der Waals surface area (Å²) in [5, 5.41) is 2.08. The summed E-state index contributed by atoms with van der Waals surface area (Å²) < 4.78 is 2.19. The van der Waals surface area contributed by atoms with Crippen LogP contribution in [0.1, 0.15) is 5.56 Å². The lowest BCUT2D eigenvalue weighted by molar-refractivity contribution is 1.46. The topological polar surface area (TPSA) is 0 Å². The maximum Gasteiger partial charge on any atom is 0.0713 e. The Kier molecular flexibility index (Phi) is 2.01. The van der Waals surface area contributed by atoms with Crippen molar-refractivity contribution in [3.8, 4) is 0 Å². The maximum absolute atomic E-state index is 4.19. The van der Waals surface area contributed by atoms with Crippen LogP contribution in [0.2, 0.25) is 0 Å². The van der Waals surface area contributed by atoms with Gasteiger partial charge in [0.15, 0.2) is 0 Å². The summed E-state index contributed by atoms with van der Waals surface area (Å²) in [5.74, 6) is 0. The normalized spacial score (nSPS) is 9.88. The highest BCUT2D eigenvalue weighted by atomic mass is 79.9. The standard InChI is InChI=1S/C5H5BrS2/c1-3-2-8-5(7)4(3)6/h2,7H,1H3. The van der Waals surface area contributed by atoms with Gasteiger partial charge in [0.05, 0.1) is 4.21 Å². The Morgan fingerprint density at radius 1 is 1.75 bits per heavy atom. The lowest BCUT2D eigenvalue weighted by atomic mass is 10.4. The van der Waals surface area contributed by atoms with E-state index in [1.807, 2.05) is 0 Å². The third-order valence-electron chi connectivity index (χ3n) is 0.881. The van der Waals surface area contributed by atoms with E-state index in [0.29, 0.717) is 0 Å². The second-order valence-electron chi connectivity index (χ2n) is 1.54. The van der Waals surface area contributed by atoms with Crippen LogP contribution in [0.25, 0.3) is 0 Å². The van der Waals surface area contributed by atoms with Gasteiger partial charge in [0.25, 0.3) is 0 Å². The molecule has 0 atom stereocenters. The first-order chi connectivity index (χ1) is 3.72. The Morgan fingerprint density at radius 3 is 2.50 bits per heavy atom. The van der Waals surface area contributed by atoms with Crippen LogP contribution in [-0.2, 0) is 0 Å². The molecule has 0 spiro atoms. The van der Waals surface area contributed by atoms with E-state index in [-0.39, 0.29) is 0 Å². The van der Waals surface area contributed by atoms with Crippen LogP contribution in [-0.4, -0.2) is 0 Å². The molecule has 0 saturated carbocycles. The summed E-state index contributed by atoms with van der Waals surface area (Å²) >= 11 is 9.22. The van der Waals surface area contributed by atoms with Gasteiger partial charge in [0.2, 0.25) is 0 Å². The van der Waals surface area contributed by atoms with Crippen LogP contribution < -0.4 is 0 Å². The second kappa shape index (κ2) is 2.42. The smallest absolute Gasteiger partial charge is 0.0713 e. The number of aryl methyl sites for hydroxylation is 1. The lowest BCUT2D eigenvalue weighted by Crippen LogP contribution is -1.60. The third-order valence-corrected chi connectivity index (χ3v) is 3.91. The fourth-order valence-electron chi connectivity index (χ4n) is 0.416. The maximum atomic E-state index is 4.19. The first-order valence-corrected chi connectivity index (χ1v) is 4.26. The minimum Gasteiger partial charge on any atom is -0.136 e. The van der Waals surface area contributed by atoms with Gasteiger partial charge in [-0.3, -0.25) is 0 Å². The molecular weight excluding hydrogens is 204 g/mol. The van der Waals surface area contributed by atoms with Gasteiger partial charge in [0.1, 0.15) is 0 Å². The van der Waals surface area contributed by atoms with Crippen molar-refractivity contribution in [2.75, 3.05) is 0 Å². The molecule has 1 rings (SSSR count). The largest absolute Gasteiger partial charge is 0.136 e. The molecule has 3 heteroatoms. The number of halogens is 1. The zero-order valence-corrected chi connectivity index (χ0v) is 7.61. The van der Waals surface area contributed by atoms with Crippen molar-refractivity contribution < 1.29 is 0 Å². The quantitative estimate of drug-likeness (QED) is 0.623. The van der Waals surface area contributed by atoms with E-state index in [1.165, 1.54) is 5.56 Å². The Labute approximate surface area is 66.5 Å². The van der Waals surface area contributed by atoms with E-state index in [4.69, 9.17) is 0 Å². The fourth-order valence-corrected chi connectivity index (χ4v) is 1.97. The van der Waals surface area contributed by atoms with Gasteiger partial charge in [-0.2, -0.15) is 0 Å². The predicted octanol–water partition coefficient (Wildman–Crippen LogP) is 3.11. The van der Waals surface area contributed by atoms with E-state index in [9.17, 15) is 0 Å². The van der Waals surface area contributed by atoms with Crippen molar-refractivity contribution in [2.45, 2.75) is 11.1 Å². The van der Waals surface area contributed by atoms with Crippen molar-refractivity contribution in [1.82, 2.24) is 0 Å². The number of thiophene rings is 1. The fraction of sp³-hybridized carbons (Fsp3) is 0.200. The van der Waals surface area contributed by atoms with Gasteiger partial charge < -0.3 is 0 Å². The molecule has 8 heavy (non-hydrogen) atoms. The molecule has 0 aliphatic carbocycles. The summed E-state index contributed by atoms with van der Waals surface area (Å²) in [5.41, 5.74) is 1.26. The number of hydrogen-bond acceptors (Lipinski definition) is 2. The number of hydrogen-bond donors (Lipinski definition) is 1. The average molecular weight is 209 g/mol. The van der Waals surface area contributed by atoms with E-state index in [0.717, 1.165) is 8.68 Å². The van der Waals surface area contributed by atoms with E-state index in [2.05, 4.69) is 40.9 Å². The molecule has 0 nitrogen and oxygen atoms in total. The van der Waals surface area contributed by atoms with Crippen LogP contribution >= 0.6 is 39.9 Å². The minimum absolute atomic E-state index is 1.06. The number of rotatable bonds is 0. The van der Waals surface area contributed by atoms with Gasteiger partial charge >= 0.3 is 0 Å². The van der Waals surface area contributed by atoms with Gasteiger partial charge in [-0.1, -0.05) is 0 Å². The second-order valence-corrected chi connectivity index (χ2v) is 3.96. The Hall–Kier alpha value is 0.530. The molecule has 1 heterocycles. The van der Waals surface area contributed by atoms with E-state index >= 15 is 0 Å². The first kappa shape index (κ1) is 6.65. The zero-order valence-electron chi connectivity index (χ0n) is 4.31. The van der Waals surface area contributed by atoms with E-state index < -0.39 is 0 Å². The highest BCUT2D eigenvalue weighted by Crippen LogP contribution is 2.30. The molecule has 0 aromatic carbocycles. The zero-order chi connectivity index (χ0) is 6.15. The monoisotopic (exact) mass is 208 g/mol. The molecule has 0 amide bonds. The average Bonchev–Trinajstić information content (AvgIpc) is 1.98. The van der Waals surface area contributed by atoms with Gasteiger partial charge in [-0.25, -0.2) is 0 Å². The number of thiol groups is 1. The molecule has 44 valence electrons. The van der Waals surface area contributed by atoms with Crippen molar-refractivity contribution in [2.24, 2.45) is 0 Å². The van der Waals surface area contributed by atoms with Crippen molar-refractivity contribution in [3.05, 3.63) is 15.4 Å². The minimum atomic E-state index is 1.06. The lowest BCUT2D eigenvalue weighted by Gasteiger charge is -1.83. The van der Waals surface area contributed by atoms with Crippen LogP contribution in [0.3, 0.4) is 0 Å². The molecule has 1 aromatic rings. The van der Waals surface area contributed by atoms with Crippen molar-refractivity contribution in [3.63, 3.8) is 0 Å². The SMILES string of the molecule is Cc1csc(S)c1Br. The summed E-state index contributed by atoms with van der Waals surface area (Å²) in [6.07, 6.45) is 0. The molecule has 0 aliphatic heterocycles. The molecule has 0 aliphatic rings. The Morgan fingerprint density at radius 2 is 2.38 bits per heavy atom. The molecule has 0 fully saturated rings. The molecule has 1 aromatic heterocycles. The van der Waals surface area contributed by atoms with Crippen molar-refractivity contribution >= 4 is 39.9 Å². The first-order valence-electron chi connectivity index (χ1n) is 2.14. The third kappa shape index (κ3) is 1.09. The van der Waals surface area contributed by atoms with Gasteiger partial charge in [-0.15, -0.1) is 24.0 Å². The van der Waals surface area contributed by atoms with Crippen LogP contribution in [0.5, 0.6) is 0 Å². The van der Waals surface area contributed by atoms with E-state index in [1.54, 1.807) is 11.3 Å².